The van der Waals surface area contributed by atoms with E-state index in [9.17, 15) is 14.4 Å². The van der Waals surface area contributed by atoms with E-state index in [0.717, 1.165) is 10.9 Å². The van der Waals surface area contributed by atoms with Crippen LogP contribution in [0.3, 0.4) is 0 Å². The maximum Gasteiger partial charge on any atom is 0.303 e. The molecule has 0 unspecified atom stereocenters. The Morgan fingerprint density at radius 3 is 2.48 bits per heavy atom. The van der Waals surface area contributed by atoms with E-state index in [1.54, 1.807) is 18.2 Å². The van der Waals surface area contributed by atoms with Gasteiger partial charge in [-0.15, -0.1) is 0 Å². The smallest absolute Gasteiger partial charge is 0.303 e. The van der Waals surface area contributed by atoms with Crippen molar-refractivity contribution in [3.8, 4) is 11.1 Å². The predicted octanol–water partition coefficient (Wildman–Crippen LogP) is 3.30. The molecule has 0 spiro atoms. The monoisotopic (exact) mass is 411 g/mol. The molecule has 0 aliphatic carbocycles. The van der Waals surface area contributed by atoms with Gasteiger partial charge in [0.25, 0.3) is 5.56 Å². The van der Waals surface area contributed by atoms with Crippen LogP contribution in [0.5, 0.6) is 0 Å². The number of H-pyrrole nitrogens is 1. The number of hydrogen-bond donors (Lipinski definition) is 4. The summed E-state index contributed by atoms with van der Waals surface area (Å²) in [4.78, 5) is 38.0. The van der Waals surface area contributed by atoms with Crippen LogP contribution in [0.15, 0.2) is 59.9 Å². The number of aromatic nitrogens is 1. The van der Waals surface area contributed by atoms with Gasteiger partial charge in [-0.25, -0.2) is 0 Å². The highest BCUT2D eigenvalue weighted by molar-refractivity contribution is 6.31. The molecule has 4 N–H and O–H groups in total. The highest BCUT2D eigenvalue weighted by Crippen LogP contribution is 2.33. The molecule has 0 saturated carbocycles. The molecule has 0 bridgehead atoms. The van der Waals surface area contributed by atoms with Crippen molar-refractivity contribution < 1.29 is 14.7 Å². The second-order valence-electron chi connectivity index (χ2n) is 6.31. The molecule has 1 amide bonds. The van der Waals surface area contributed by atoms with Crippen molar-refractivity contribution in [2.45, 2.75) is 12.8 Å². The van der Waals surface area contributed by atoms with Gasteiger partial charge in [-0.05, 0) is 23.8 Å². The number of carboxylic acids is 1. The van der Waals surface area contributed by atoms with Gasteiger partial charge in [0.1, 0.15) is 0 Å². The number of aromatic amines is 1. The van der Waals surface area contributed by atoms with Gasteiger partial charge >= 0.3 is 5.97 Å². The SMILES string of the molecule is C=C(NNC(=O)CCC(=O)O)c1c(-c2ccccc2)c2cc(Cl)ccc2[nH]c1=O. The number of carbonyl (C=O) groups excluding carboxylic acids is 1. The number of hydrazine groups is 1. The van der Waals surface area contributed by atoms with E-state index >= 15 is 0 Å². The molecule has 2 aromatic carbocycles. The van der Waals surface area contributed by atoms with Crippen molar-refractivity contribution in [3.05, 3.63) is 76.0 Å². The molecule has 1 heterocycles. The Bertz CT molecular complexity index is 1160. The zero-order chi connectivity index (χ0) is 21.0. The number of benzene rings is 2. The zero-order valence-electron chi connectivity index (χ0n) is 15.3. The van der Waals surface area contributed by atoms with E-state index in [0.29, 0.717) is 16.1 Å². The van der Waals surface area contributed by atoms with Crippen LogP contribution in [0.25, 0.3) is 27.7 Å². The lowest BCUT2D eigenvalue weighted by molar-refractivity contribution is -0.138. The first-order valence-corrected chi connectivity index (χ1v) is 9.11. The van der Waals surface area contributed by atoms with Crippen LogP contribution < -0.4 is 16.4 Å². The van der Waals surface area contributed by atoms with Crippen molar-refractivity contribution >= 4 is 40.1 Å². The van der Waals surface area contributed by atoms with Crippen LogP contribution in [-0.2, 0) is 9.59 Å². The Morgan fingerprint density at radius 1 is 1.07 bits per heavy atom. The lowest BCUT2D eigenvalue weighted by Crippen LogP contribution is -2.37. The minimum absolute atomic E-state index is 0.163. The average molecular weight is 412 g/mol. The molecule has 148 valence electrons. The molecule has 0 atom stereocenters. The van der Waals surface area contributed by atoms with Crippen molar-refractivity contribution in [2.24, 2.45) is 0 Å². The number of rotatable bonds is 7. The molecule has 1 aromatic heterocycles. The summed E-state index contributed by atoms with van der Waals surface area (Å²) in [6.45, 7) is 3.87. The fourth-order valence-corrected chi connectivity index (χ4v) is 3.12. The molecule has 8 heteroatoms. The van der Waals surface area contributed by atoms with Crippen molar-refractivity contribution in [1.29, 1.82) is 0 Å². The third kappa shape index (κ3) is 4.64. The zero-order valence-corrected chi connectivity index (χ0v) is 16.0. The number of pyridine rings is 1. The number of hydrogen-bond acceptors (Lipinski definition) is 4. The number of aliphatic carboxylic acids is 1. The lowest BCUT2D eigenvalue weighted by atomic mass is 9.95. The lowest BCUT2D eigenvalue weighted by Gasteiger charge is -2.16. The first kappa shape index (κ1) is 20.2. The summed E-state index contributed by atoms with van der Waals surface area (Å²) < 4.78 is 0. The molecule has 0 aliphatic heterocycles. The van der Waals surface area contributed by atoms with Crippen LogP contribution in [0.2, 0.25) is 5.02 Å². The van der Waals surface area contributed by atoms with Crippen LogP contribution in [-0.4, -0.2) is 22.0 Å². The molecular weight excluding hydrogens is 394 g/mol. The molecular formula is C21H18ClN3O4. The van der Waals surface area contributed by atoms with Gasteiger partial charge in [-0.3, -0.25) is 25.2 Å². The third-order valence-corrected chi connectivity index (χ3v) is 4.49. The molecule has 0 fully saturated rings. The number of nitrogens with one attached hydrogen (secondary N) is 3. The molecule has 0 saturated heterocycles. The van der Waals surface area contributed by atoms with E-state index < -0.39 is 17.4 Å². The van der Waals surface area contributed by atoms with E-state index in [4.69, 9.17) is 16.7 Å². The van der Waals surface area contributed by atoms with Gasteiger partial charge in [0.2, 0.25) is 5.91 Å². The second-order valence-corrected chi connectivity index (χ2v) is 6.74. The second kappa shape index (κ2) is 8.62. The summed E-state index contributed by atoms with van der Waals surface area (Å²) in [6, 6.07) is 14.4. The standard InChI is InChI=1S/C21H18ClN3O4/c1-12(24-25-17(26)9-10-18(27)28)19-20(13-5-3-2-4-6-13)15-11-14(22)7-8-16(15)23-21(19)29/h2-8,11,24H,1,9-10H2,(H,23,29)(H,25,26)(H,27,28). The fraction of sp³-hybridized carbons (Fsp3) is 0.0952. The normalized spacial score (nSPS) is 10.5. The average Bonchev–Trinajstić information content (AvgIpc) is 2.70. The molecule has 7 nitrogen and oxygen atoms in total. The largest absolute Gasteiger partial charge is 0.481 e. The van der Waals surface area contributed by atoms with E-state index in [2.05, 4.69) is 22.4 Å². The Hall–Kier alpha value is -3.58. The summed E-state index contributed by atoms with van der Waals surface area (Å²) in [5, 5.41) is 9.89. The minimum atomic E-state index is -1.08. The first-order valence-electron chi connectivity index (χ1n) is 8.73. The van der Waals surface area contributed by atoms with Gasteiger partial charge in [0.15, 0.2) is 0 Å². The summed E-state index contributed by atoms with van der Waals surface area (Å²) in [5.74, 6) is -1.61. The Balaban J connectivity index is 2.04. The van der Waals surface area contributed by atoms with Gasteiger partial charge in [0, 0.05) is 27.9 Å². The molecule has 29 heavy (non-hydrogen) atoms. The highest BCUT2D eigenvalue weighted by atomic mass is 35.5. The van der Waals surface area contributed by atoms with Crippen molar-refractivity contribution in [3.63, 3.8) is 0 Å². The van der Waals surface area contributed by atoms with Crippen molar-refractivity contribution in [1.82, 2.24) is 15.8 Å². The molecule has 3 aromatic rings. The van der Waals surface area contributed by atoms with Gasteiger partial charge in [-0.1, -0.05) is 48.5 Å². The highest BCUT2D eigenvalue weighted by Gasteiger charge is 2.18. The number of carbonyl (C=O) groups is 2. The maximum atomic E-state index is 12.8. The maximum absolute atomic E-state index is 12.8. The summed E-state index contributed by atoms with van der Waals surface area (Å²) in [6.07, 6.45) is -0.505. The summed E-state index contributed by atoms with van der Waals surface area (Å²) in [7, 11) is 0. The first-order chi connectivity index (χ1) is 13.9. The van der Waals surface area contributed by atoms with Gasteiger partial charge in [-0.2, -0.15) is 0 Å². The summed E-state index contributed by atoms with van der Waals surface area (Å²) in [5.41, 5.74) is 7.00. The third-order valence-electron chi connectivity index (χ3n) is 4.26. The Labute approximate surface area is 171 Å². The number of fused-ring (bicyclic) bond motifs is 1. The Morgan fingerprint density at radius 2 is 1.79 bits per heavy atom. The van der Waals surface area contributed by atoms with E-state index in [1.807, 2.05) is 30.3 Å². The Kier molecular flexibility index (Phi) is 5.99. The number of halogens is 1. The van der Waals surface area contributed by atoms with Crippen LogP contribution in [0.4, 0.5) is 0 Å². The van der Waals surface area contributed by atoms with Gasteiger partial charge in [0.05, 0.1) is 17.7 Å². The van der Waals surface area contributed by atoms with Crippen LogP contribution >= 0.6 is 11.6 Å². The topological polar surface area (TPSA) is 111 Å². The predicted molar refractivity (Wildman–Crippen MR) is 112 cm³/mol. The quantitative estimate of drug-likeness (QED) is 0.446. The fourth-order valence-electron chi connectivity index (χ4n) is 2.95. The van der Waals surface area contributed by atoms with E-state index in [1.165, 1.54) is 0 Å². The molecule has 3 rings (SSSR count). The van der Waals surface area contributed by atoms with Crippen LogP contribution in [0, 0.1) is 0 Å². The number of amides is 1. The molecule has 0 radical (unpaired) electrons. The van der Waals surface area contributed by atoms with Gasteiger partial charge < -0.3 is 10.1 Å². The van der Waals surface area contributed by atoms with E-state index in [-0.39, 0.29) is 24.1 Å². The minimum Gasteiger partial charge on any atom is -0.481 e. The van der Waals surface area contributed by atoms with Crippen molar-refractivity contribution in [2.75, 3.05) is 0 Å². The summed E-state index contributed by atoms with van der Waals surface area (Å²) >= 11 is 6.18. The van der Waals surface area contributed by atoms with Crippen LogP contribution in [0.1, 0.15) is 18.4 Å². The number of carboxylic acid groups (broad SMARTS) is 1. The molecule has 0 aliphatic rings.